The number of carbonyl (C=O) groups excluding carboxylic acids is 1. The van der Waals surface area contributed by atoms with Gasteiger partial charge < -0.3 is 9.84 Å². The maximum absolute atomic E-state index is 10.6. The van der Waals surface area contributed by atoms with Gasteiger partial charge in [0.05, 0.1) is 0 Å². The molecule has 2 radical (unpaired) electrons. The Kier molecular flexibility index (Phi) is 5.76. The summed E-state index contributed by atoms with van der Waals surface area (Å²) in [5, 5.41) is 8.69. The molecule has 0 saturated heterocycles. The van der Waals surface area contributed by atoms with Crippen LogP contribution in [0.1, 0.15) is 17.3 Å². The summed E-state index contributed by atoms with van der Waals surface area (Å²) in [5.74, 6) is -1.58. The molecule has 5 heteroatoms. The Morgan fingerprint density at radius 2 is 1.86 bits per heavy atom. The molecule has 0 bridgehead atoms. The molecule has 0 aliphatic heterocycles. The summed E-state index contributed by atoms with van der Waals surface area (Å²) in [6.07, 6.45) is 0. The van der Waals surface area contributed by atoms with E-state index in [1.165, 1.54) is 19.1 Å². The standard InChI is InChI=1S/C9H8O4.Ca/c1-6(10)13-8-5-3-2-4-7(8)9(11)12;/h2-5H,1H3,(H,11,12);. The number of rotatable bonds is 2. The van der Waals surface area contributed by atoms with E-state index in [9.17, 15) is 9.59 Å². The average molecular weight is 220 g/mol. The van der Waals surface area contributed by atoms with Crippen LogP contribution in [0.5, 0.6) is 5.75 Å². The zero-order chi connectivity index (χ0) is 9.84. The fourth-order valence-corrected chi connectivity index (χ4v) is 0.887. The quantitative estimate of drug-likeness (QED) is 0.457. The maximum Gasteiger partial charge on any atom is 0.339 e. The van der Waals surface area contributed by atoms with Crippen LogP contribution in [0.2, 0.25) is 0 Å². The minimum atomic E-state index is -1.11. The van der Waals surface area contributed by atoms with Crippen LogP contribution in [0.3, 0.4) is 0 Å². The SMILES string of the molecule is CC(=O)Oc1ccccc1C(=O)O.[Ca]. The summed E-state index contributed by atoms with van der Waals surface area (Å²) < 4.78 is 4.69. The average Bonchev–Trinajstić information content (AvgIpc) is 2.03. The summed E-state index contributed by atoms with van der Waals surface area (Å²) in [7, 11) is 0. The van der Waals surface area contributed by atoms with Gasteiger partial charge in [-0.25, -0.2) is 4.79 Å². The second kappa shape index (κ2) is 6.01. The minimum absolute atomic E-state index is 0. The molecule has 0 fully saturated rings. The van der Waals surface area contributed by atoms with Gasteiger partial charge in [-0.3, -0.25) is 4.79 Å². The number of hydrogen-bond donors (Lipinski definition) is 1. The summed E-state index contributed by atoms with van der Waals surface area (Å²) in [4.78, 5) is 21.2. The molecule has 0 atom stereocenters. The molecule has 70 valence electrons. The molecule has 1 aromatic rings. The van der Waals surface area contributed by atoms with Crippen molar-refractivity contribution < 1.29 is 19.4 Å². The van der Waals surface area contributed by atoms with E-state index < -0.39 is 11.9 Å². The van der Waals surface area contributed by atoms with Crippen molar-refractivity contribution in [2.45, 2.75) is 6.92 Å². The number of para-hydroxylation sites is 1. The Labute approximate surface area is 111 Å². The number of carboxylic acid groups (broad SMARTS) is 1. The van der Waals surface area contributed by atoms with E-state index in [2.05, 4.69) is 4.74 Å². The van der Waals surface area contributed by atoms with Gasteiger partial charge in [-0.15, -0.1) is 0 Å². The van der Waals surface area contributed by atoms with Crippen molar-refractivity contribution in [3.8, 4) is 5.75 Å². The number of ether oxygens (including phenoxy) is 1. The molecule has 14 heavy (non-hydrogen) atoms. The topological polar surface area (TPSA) is 63.6 Å². The maximum atomic E-state index is 10.6. The molecule has 0 amide bonds. The van der Waals surface area contributed by atoms with Crippen molar-refractivity contribution >= 4 is 49.7 Å². The van der Waals surface area contributed by atoms with Gasteiger partial charge in [0.25, 0.3) is 0 Å². The fourth-order valence-electron chi connectivity index (χ4n) is 0.887. The Morgan fingerprint density at radius 1 is 1.29 bits per heavy atom. The number of benzene rings is 1. The van der Waals surface area contributed by atoms with Gasteiger partial charge in [0.1, 0.15) is 11.3 Å². The largest absolute Gasteiger partial charge is 0.478 e. The van der Waals surface area contributed by atoms with Gasteiger partial charge in [0, 0.05) is 44.7 Å². The smallest absolute Gasteiger partial charge is 0.339 e. The second-order valence-electron chi connectivity index (χ2n) is 2.39. The van der Waals surface area contributed by atoms with Gasteiger partial charge in [-0.05, 0) is 12.1 Å². The van der Waals surface area contributed by atoms with E-state index in [-0.39, 0.29) is 49.1 Å². The van der Waals surface area contributed by atoms with Crippen LogP contribution < -0.4 is 4.74 Å². The number of carbonyl (C=O) groups is 2. The van der Waals surface area contributed by atoms with Crippen LogP contribution in [-0.4, -0.2) is 54.8 Å². The second-order valence-corrected chi connectivity index (χ2v) is 2.39. The third-order valence-electron chi connectivity index (χ3n) is 1.37. The van der Waals surface area contributed by atoms with Crippen LogP contribution in [0.4, 0.5) is 0 Å². The molecule has 0 aromatic heterocycles. The van der Waals surface area contributed by atoms with Gasteiger partial charge in [-0.1, -0.05) is 12.1 Å². The summed E-state index contributed by atoms with van der Waals surface area (Å²) in [6.45, 7) is 1.22. The van der Waals surface area contributed by atoms with E-state index >= 15 is 0 Å². The van der Waals surface area contributed by atoms with Crippen molar-refractivity contribution in [2.75, 3.05) is 0 Å². The van der Waals surface area contributed by atoms with Crippen LogP contribution in [-0.2, 0) is 4.79 Å². The van der Waals surface area contributed by atoms with E-state index in [1.54, 1.807) is 12.1 Å². The molecular weight excluding hydrogens is 212 g/mol. The van der Waals surface area contributed by atoms with Gasteiger partial charge in [-0.2, -0.15) is 0 Å². The Morgan fingerprint density at radius 3 is 2.36 bits per heavy atom. The predicted octanol–water partition coefficient (Wildman–Crippen LogP) is 0.929. The molecular formula is C9H8CaO4. The van der Waals surface area contributed by atoms with Crippen LogP contribution >= 0.6 is 0 Å². The first-order valence-corrected chi connectivity index (χ1v) is 3.62. The van der Waals surface area contributed by atoms with Crippen molar-refractivity contribution in [3.05, 3.63) is 29.8 Å². The molecule has 0 aliphatic rings. The number of carboxylic acids is 1. The third-order valence-corrected chi connectivity index (χ3v) is 1.37. The molecule has 1 aromatic carbocycles. The predicted molar refractivity (Wildman–Crippen MR) is 50.5 cm³/mol. The number of aromatic carboxylic acids is 1. The zero-order valence-electron chi connectivity index (χ0n) is 7.69. The number of hydrogen-bond acceptors (Lipinski definition) is 3. The van der Waals surface area contributed by atoms with Crippen LogP contribution in [0, 0.1) is 0 Å². The first-order valence-electron chi connectivity index (χ1n) is 3.62. The Bertz CT molecular complexity index is 348. The summed E-state index contributed by atoms with van der Waals surface area (Å²) in [6, 6.07) is 5.98. The van der Waals surface area contributed by atoms with E-state index in [0.29, 0.717) is 0 Å². The molecule has 1 N–H and O–H groups in total. The van der Waals surface area contributed by atoms with Gasteiger partial charge >= 0.3 is 11.9 Å². The van der Waals surface area contributed by atoms with Gasteiger partial charge in [0.2, 0.25) is 0 Å². The Balaban J connectivity index is 0.00000169. The molecule has 4 nitrogen and oxygen atoms in total. The van der Waals surface area contributed by atoms with Crippen molar-refractivity contribution in [2.24, 2.45) is 0 Å². The molecule has 0 aliphatic carbocycles. The molecule has 0 unspecified atom stereocenters. The molecule has 0 heterocycles. The molecule has 0 saturated carbocycles. The molecule has 1 rings (SSSR count). The molecule has 0 spiro atoms. The number of esters is 1. The van der Waals surface area contributed by atoms with Crippen molar-refractivity contribution in [1.82, 2.24) is 0 Å². The minimum Gasteiger partial charge on any atom is -0.478 e. The monoisotopic (exact) mass is 220 g/mol. The van der Waals surface area contributed by atoms with Crippen LogP contribution in [0.15, 0.2) is 24.3 Å². The first-order chi connectivity index (χ1) is 6.11. The summed E-state index contributed by atoms with van der Waals surface area (Å²) in [5.41, 5.74) is -0.0160. The van der Waals surface area contributed by atoms with E-state index in [4.69, 9.17) is 5.11 Å². The van der Waals surface area contributed by atoms with E-state index in [1.807, 2.05) is 0 Å². The van der Waals surface area contributed by atoms with Crippen molar-refractivity contribution in [1.29, 1.82) is 0 Å². The van der Waals surface area contributed by atoms with Crippen molar-refractivity contribution in [3.63, 3.8) is 0 Å². The first kappa shape index (κ1) is 13.4. The van der Waals surface area contributed by atoms with E-state index in [0.717, 1.165) is 0 Å². The fraction of sp³-hybridized carbons (Fsp3) is 0.111. The zero-order valence-corrected chi connectivity index (χ0v) is 9.90. The third kappa shape index (κ3) is 3.65. The van der Waals surface area contributed by atoms with Crippen LogP contribution in [0.25, 0.3) is 0 Å². The Hall–Kier alpha value is -0.580. The summed E-state index contributed by atoms with van der Waals surface area (Å²) >= 11 is 0. The van der Waals surface area contributed by atoms with Gasteiger partial charge in [0.15, 0.2) is 0 Å². The normalized spacial score (nSPS) is 8.64.